The van der Waals surface area contributed by atoms with Crippen molar-refractivity contribution >= 4 is 33.5 Å². The van der Waals surface area contributed by atoms with Crippen LogP contribution in [0.15, 0.2) is 146 Å². The molecule has 4 nitrogen and oxygen atoms in total. The van der Waals surface area contributed by atoms with E-state index in [9.17, 15) is 9.59 Å². The minimum absolute atomic E-state index is 0.330. The fourth-order valence-electron chi connectivity index (χ4n) is 6.17. The molecule has 0 heterocycles. The summed E-state index contributed by atoms with van der Waals surface area (Å²) in [6.45, 7) is 2.80. The van der Waals surface area contributed by atoms with Gasteiger partial charge in [-0.25, -0.2) is 0 Å². The third-order valence-electron chi connectivity index (χ3n) is 8.18. The molecule has 4 heteroatoms. The fourth-order valence-corrected chi connectivity index (χ4v) is 6.17. The van der Waals surface area contributed by atoms with E-state index in [0.29, 0.717) is 11.5 Å². The van der Waals surface area contributed by atoms with Crippen LogP contribution in [-0.2, 0) is 9.59 Å². The molecule has 0 bridgehead atoms. The Balaban J connectivity index is 1.29. The van der Waals surface area contributed by atoms with Gasteiger partial charge in [-0.05, 0) is 90.3 Å². The molecule has 0 unspecified atom stereocenters. The van der Waals surface area contributed by atoms with E-state index in [1.807, 2.05) is 48.5 Å². The molecule has 7 aromatic carbocycles. The SMILES string of the molecule is CC(=O)Oc1ccc(-c2ccc(-c3c4ccccc4c(-c4ccc(-c5ccc(OC(C)=O)cc5)cc4)c4ccccc34)cc2)cc1. The zero-order valence-electron chi connectivity index (χ0n) is 25.5. The number of rotatable bonds is 6. The van der Waals surface area contributed by atoms with Gasteiger partial charge in [-0.15, -0.1) is 0 Å². The monoisotopic (exact) mass is 598 g/mol. The molecule has 0 saturated carbocycles. The van der Waals surface area contributed by atoms with E-state index in [1.54, 1.807) is 0 Å². The average Bonchev–Trinajstić information content (AvgIpc) is 3.08. The zero-order valence-corrected chi connectivity index (χ0v) is 25.5. The van der Waals surface area contributed by atoms with Crippen LogP contribution in [0.25, 0.3) is 66.1 Å². The number of fused-ring (bicyclic) bond motifs is 2. The molecular formula is C42H30O4. The van der Waals surface area contributed by atoms with Gasteiger partial charge in [0.1, 0.15) is 11.5 Å². The van der Waals surface area contributed by atoms with Crippen molar-refractivity contribution in [2.75, 3.05) is 0 Å². The topological polar surface area (TPSA) is 52.6 Å². The second kappa shape index (κ2) is 12.2. The Hall–Kier alpha value is -6.00. The van der Waals surface area contributed by atoms with Crippen molar-refractivity contribution in [3.63, 3.8) is 0 Å². The number of carbonyl (C=O) groups excluding carboxylic acids is 2. The number of ether oxygens (including phenoxy) is 2. The van der Waals surface area contributed by atoms with E-state index >= 15 is 0 Å². The smallest absolute Gasteiger partial charge is 0.308 e. The third-order valence-corrected chi connectivity index (χ3v) is 8.18. The van der Waals surface area contributed by atoms with E-state index < -0.39 is 0 Å². The van der Waals surface area contributed by atoms with Crippen molar-refractivity contribution in [2.24, 2.45) is 0 Å². The lowest BCUT2D eigenvalue weighted by molar-refractivity contribution is -0.132. The molecule has 0 N–H and O–H groups in total. The van der Waals surface area contributed by atoms with Gasteiger partial charge in [-0.2, -0.15) is 0 Å². The third kappa shape index (κ3) is 5.64. The van der Waals surface area contributed by atoms with Gasteiger partial charge in [0.05, 0.1) is 0 Å². The Labute approximate surface area is 267 Å². The van der Waals surface area contributed by atoms with Gasteiger partial charge in [-0.3, -0.25) is 9.59 Å². The molecule has 0 fully saturated rings. The quantitative estimate of drug-likeness (QED) is 0.109. The maximum absolute atomic E-state index is 11.3. The molecular weight excluding hydrogens is 568 g/mol. The first-order chi connectivity index (χ1) is 22.4. The van der Waals surface area contributed by atoms with E-state index in [2.05, 4.69) is 97.1 Å². The van der Waals surface area contributed by atoms with Gasteiger partial charge in [0.25, 0.3) is 0 Å². The highest BCUT2D eigenvalue weighted by atomic mass is 16.5. The standard InChI is InChI=1S/C42H30O4/c1-27(43)45-35-23-19-31(20-24-35)29-11-15-33(16-12-29)41-37-7-3-5-9-39(37)42(40-10-6-4-8-38(40)41)34-17-13-30(14-18-34)32-21-25-36(26-22-32)46-28(2)44/h3-26H,1-2H3. The summed E-state index contributed by atoms with van der Waals surface area (Å²) in [6.07, 6.45) is 0. The first-order valence-electron chi connectivity index (χ1n) is 15.2. The van der Waals surface area contributed by atoms with Crippen molar-refractivity contribution in [3.05, 3.63) is 146 Å². The summed E-state index contributed by atoms with van der Waals surface area (Å²) in [5.74, 6) is 0.416. The Morgan fingerprint density at radius 2 is 0.587 bits per heavy atom. The zero-order chi connectivity index (χ0) is 31.6. The van der Waals surface area contributed by atoms with Gasteiger partial charge in [0, 0.05) is 13.8 Å². The number of carbonyl (C=O) groups is 2. The normalized spacial score (nSPS) is 11.0. The van der Waals surface area contributed by atoms with Crippen LogP contribution < -0.4 is 9.47 Å². The van der Waals surface area contributed by atoms with Gasteiger partial charge < -0.3 is 9.47 Å². The van der Waals surface area contributed by atoms with Crippen LogP contribution >= 0.6 is 0 Å². The maximum Gasteiger partial charge on any atom is 0.308 e. The Morgan fingerprint density at radius 1 is 0.348 bits per heavy atom. The van der Waals surface area contributed by atoms with E-state index in [-0.39, 0.29) is 11.9 Å². The van der Waals surface area contributed by atoms with Crippen molar-refractivity contribution in [1.29, 1.82) is 0 Å². The summed E-state index contributed by atoms with van der Waals surface area (Å²) in [5.41, 5.74) is 8.98. The fraction of sp³-hybridized carbons (Fsp3) is 0.0476. The summed E-state index contributed by atoms with van der Waals surface area (Å²) in [7, 11) is 0. The first-order valence-corrected chi connectivity index (χ1v) is 15.2. The maximum atomic E-state index is 11.3. The van der Waals surface area contributed by atoms with Gasteiger partial charge in [0.2, 0.25) is 0 Å². The summed E-state index contributed by atoms with van der Waals surface area (Å²) in [6, 6.07) is 49.7. The Bertz CT molecular complexity index is 1990. The Kier molecular flexibility index (Phi) is 7.61. The van der Waals surface area contributed by atoms with Crippen LogP contribution in [-0.4, -0.2) is 11.9 Å². The predicted molar refractivity (Wildman–Crippen MR) is 186 cm³/mol. The number of hydrogen-bond donors (Lipinski definition) is 0. The molecule has 7 aromatic rings. The van der Waals surface area contributed by atoms with Crippen molar-refractivity contribution in [2.45, 2.75) is 13.8 Å². The van der Waals surface area contributed by atoms with Crippen LogP contribution in [0.3, 0.4) is 0 Å². The molecule has 0 aliphatic heterocycles. The molecule has 0 spiro atoms. The highest BCUT2D eigenvalue weighted by molar-refractivity contribution is 6.21. The molecule has 0 aliphatic rings. The van der Waals surface area contributed by atoms with Crippen LogP contribution in [0, 0.1) is 0 Å². The molecule has 0 aromatic heterocycles. The summed E-state index contributed by atoms with van der Waals surface area (Å²) in [5, 5.41) is 4.78. The summed E-state index contributed by atoms with van der Waals surface area (Å²) >= 11 is 0. The van der Waals surface area contributed by atoms with Crippen LogP contribution in [0.2, 0.25) is 0 Å². The van der Waals surface area contributed by atoms with E-state index in [4.69, 9.17) is 9.47 Å². The number of benzene rings is 7. The summed E-state index contributed by atoms with van der Waals surface area (Å²) in [4.78, 5) is 22.6. The minimum Gasteiger partial charge on any atom is -0.427 e. The predicted octanol–water partition coefficient (Wildman–Crippen LogP) is 10.5. The second-order valence-corrected chi connectivity index (χ2v) is 11.2. The van der Waals surface area contributed by atoms with Crippen molar-refractivity contribution < 1.29 is 19.1 Å². The molecule has 0 atom stereocenters. The van der Waals surface area contributed by atoms with Gasteiger partial charge >= 0.3 is 11.9 Å². The summed E-state index contributed by atoms with van der Waals surface area (Å²) < 4.78 is 10.4. The Morgan fingerprint density at radius 3 is 0.848 bits per heavy atom. The van der Waals surface area contributed by atoms with Crippen LogP contribution in [0.5, 0.6) is 11.5 Å². The van der Waals surface area contributed by atoms with Crippen LogP contribution in [0.4, 0.5) is 0 Å². The van der Waals surface area contributed by atoms with Crippen LogP contribution in [0.1, 0.15) is 13.8 Å². The van der Waals surface area contributed by atoms with Gasteiger partial charge in [-0.1, -0.05) is 121 Å². The lowest BCUT2D eigenvalue weighted by Crippen LogP contribution is -2.00. The second-order valence-electron chi connectivity index (χ2n) is 11.2. The lowest BCUT2D eigenvalue weighted by Gasteiger charge is -2.18. The highest BCUT2D eigenvalue weighted by Crippen LogP contribution is 2.44. The van der Waals surface area contributed by atoms with E-state index in [0.717, 1.165) is 33.4 Å². The average molecular weight is 599 g/mol. The molecule has 0 amide bonds. The molecule has 0 radical (unpaired) electrons. The molecule has 46 heavy (non-hydrogen) atoms. The molecule has 7 rings (SSSR count). The number of esters is 2. The first kappa shape index (κ1) is 28.8. The lowest BCUT2D eigenvalue weighted by atomic mass is 9.85. The largest absolute Gasteiger partial charge is 0.427 e. The van der Waals surface area contributed by atoms with Crippen molar-refractivity contribution in [1.82, 2.24) is 0 Å². The number of hydrogen-bond acceptors (Lipinski definition) is 4. The highest BCUT2D eigenvalue weighted by Gasteiger charge is 2.16. The molecule has 222 valence electrons. The van der Waals surface area contributed by atoms with Crippen molar-refractivity contribution in [3.8, 4) is 56.0 Å². The molecule has 0 aliphatic carbocycles. The van der Waals surface area contributed by atoms with E-state index in [1.165, 1.54) is 46.5 Å². The molecule has 0 saturated heterocycles. The minimum atomic E-state index is -0.330. The van der Waals surface area contributed by atoms with Gasteiger partial charge in [0.15, 0.2) is 0 Å².